The Balaban J connectivity index is 0.00000288. The van der Waals surface area contributed by atoms with Crippen LogP contribution in [0.3, 0.4) is 0 Å². The van der Waals surface area contributed by atoms with E-state index >= 15 is 0 Å². The minimum atomic E-state index is -3.55. The van der Waals surface area contributed by atoms with Gasteiger partial charge in [-0.3, -0.25) is 9.52 Å². The fourth-order valence-electron chi connectivity index (χ4n) is 2.86. The van der Waals surface area contributed by atoms with E-state index in [-0.39, 0.29) is 29.6 Å². The van der Waals surface area contributed by atoms with Crippen LogP contribution in [-0.2, 0) is 10.0 Å². The summed E-state index contributed by atoms with van der Waals surface area (Å²) in [6.07, 6.45) is 2.90. The molecule has 0 saturated carbocycles. The molecule has 136 valence electrons. The lowest BCUT2D eigenvalue weighted by molar-refractivity contribution is 0.0675. The molecule has 1 amide bonds. The molecule has 0 spiro atoms. The summed E-state index contributed by atoms with van der Waals surface area (Å²) in [4.78, 5) is 14.4. The molecule has 0 bridgehead atoms. The minimum absolute atomic E-state index is 0. The van der Waals surface area contributed by atoms with Crippen LogP contribution in [0.15, 0.2) is 18.2 Å². The lowest BCUT2D eigenvalue weighted by Gasteiger charge is -2.33. The van der Waals surface area contributed by atoms with Crippen molar-refractivity contribution in [3.63, 3.8) is 0 Å². The number of anilines is 1. The number of carbonyl (C=O) groups is 1. The molecule has 24 heavy (non-hydrogen) atoms. The number of halogens is 2. The molecule has 2 rings (SSSR count). The third-order valence-electron chi connectivity index (χ3n) is 3.81. The van der Waals surface area contributed by atoms with Gasteiger partial charge in [0, 0.05) is 13.1 Å². The zero-order valence-corrected chi connectivity index (χ0v) is 15.3. The van der Waals surface area contributed by atoms with Crippen molar-refractivity contribution in [2.45, 2.75) is 12.8 Å². The first-order valence-electron chi connectivity index (χ1n) is 7.51. The van der Waals surface area contributed by atoms with Crippen LogP contribution in [0.2, 0.25) is 0 Å². The zero-order chi connectivity index (χ0) is 17.0. The van der Waals surface area contributed by atoms with Crippen LogP contribution in [0.25, 0.3) is 0 Å². The Kier molecular flexibility index (Phi) is 7.44. The number of piperidine rings is 1. The molecule has 0 radical (unpaired) electrons. The second kappa shape index (κ2) is 8.64. The van der Waals surface area contributed by atoms with Crippen LogP contribution in [0.5, 0.6) is 0 Å². The summed E-state index contributed by atoms with van der Waals surface area (Å²) in [5, 5.41) is 3.10. The number of nitrogens with zero attached hydrogens (tertiary/aromatic N) is 1. The first-order chi connectivity index (χ1) is 10.8. The van der Waals surface area contributed by atoms with E-state index in [1.807, 2.05) is 7.05 Å². The van der Waals surface area contributed by atoms with Crippen LogP contribution >= 0.6 is 12.4 Å². The van der Waals surface area contributed by atoms with E-state index < -0.39 is 15.8 Å². The van der Waals surface area contributed by atoms with Gasteiger partial charge in [0.15, 0.2) is 0 Å². The summed E-state index contributed by atoms with van der Waals surface area (Å²) >= 11 is 0. The van der Waals surface area contributed by atoms with E-state index in [9.17, 15) is 17.6 Å². The second-order valence-electron chi connectivity index (χ2n) is 5.88. The van der Waals surface area contributed by atoms with Crippen LogP contribution < -0.4 is 10.0 Å². The predicted molar refractivity (Wildman–Crippen MR) is 94.7 cm³/mol. The Morgan fingerprint density at radius 2 is 2.12 bits per heavy atom. The van der Waals surface area contributed by atoms with Gasteiger partial charge in [-0.1, -0.05) is 0 Å². The highest BCUT2D eigenvalue weighted by Gasteiger charge is 2.26. The maximum absolute atomic E-state index is 13.5. The maximum Gasteiger partial charge on any atom is 0.256 e. The fourth-order valence-corrected chi connectivity index (χ4v) is 3.43. The summed E-state index contributed by atoms with van der Waals surface area (Å²) in [5.74, 6) is -0.579. The smallest absolute Gasteiger partial charge is 0.256 e. The zero-order valence-electron chi connectivity index (χ0n) is 13.7. The first-order valence-corrected chi connectivity index (χ1v) is 9.40. The number of carbonyl (C=O) groups excluding carboxylic acids is 1. The molecule has 1 heterocycles. The number of nitrogens with one attached hydrogen (secondary N) is 2. The van der Waals surface area contributed by atoms with Gasteiger partial charge < -0.3 is 10.2 Å². The van der Waals surface area contributed by atoms with Crippen molar-refractivity contribution < 1.29 is 17.6 Å². The molecule has 0 aromatic heterocycles. The van der Waals surface area contributed by atoms with Gasteiger partial charge in [0.2, 0.25) is 10.0 Å². The average molecular weight is 380 g/mol. The summed E-state index contributed by atoms with van der Waals surface area (Å²) < 4.78 is 38.7. The van der Waals surface area contributed by atoms with E-state index in [0.717, 1.165) is 37.8 Å². The van der Waals surface area contributed by atoms with Gasteiger partial charge in [-0.25, -0.2) is 12.8 Å². The summed E-state index contributed by atoms with van der Waals surface area (Å²) in [6, 6.07) is 3.49. The Bertz CT molecular complexity index is 683. The van der Waals surface area contributed by atoms with Crippen LogP contribution in [0.1, 0.15) is 23.2 Å². The molecule has 1 aliphatic heterocycles. The van der Waals surface area contributed by atoms with Crippen molar-refractivity contribution >= 4 is 34.0 Å². The third kappa shape index (κ3) is 5.61. The Hall–Kier alpha value is -1.38. The molecular weight excluding hydrogens is 357 g/mol. The standard InChI is InChI=1S/C15H22FN3O3S.ClH/c1-17-9-11-4-3-7-19(10-11)15(20)13-8-12(16)5-6-14(13)18-23(2,21)22;/h5-6,8,11,17-18H,3-4,7,9-10H2,1-2H3;1H. The van der Waals surface area contributed by atoms with Crippen molar-refractivity contribution in [2.75, 3.05) is 37.7 Å². The molecule has 1 saturated heterocycles. The SMILES string of the molecule is CNCC1CCCN(C(=O)c2cc(F)ccc2NS(C)(=O)=O)C1.Cl. The highest BCUT2D eigenvalue weighted by molar-refractivity contribution is 7.92. The summed E-state index contributed by atoms with van der Waals surface area (Å²) in [7, 11) is -1.69. The van der Waals surface area contributed by atoms with Crippen molar-refractivity contribution in [1.29, 1.82) is 0 Å². The molecule has 2 N–H and O–H groups in total. The highest BCUT2D eigenvalue weighted by atomic mass is 35.5. The molecule has 1 unspecified atom stereocenters. The number of likely N-dealkylation sites (tertiary alicyclic amines) is 1. The number of benzene rings is 1. The normalized spacial score (nSPS) is 18.0. The molecule has 1 atom stereocenters. The first kappa shape index (κ1) is 20.7. The largest absolute Gasteiger partial charge is 0.338 e. The minimum Gasteiger partial charge on any atom is -0.338 e. The number of rotatable bonds is 5. The summed E-state index contributed by atoms with van der Waals surface area (Å²) in [6.45, 7) is 1.98. The van der Waals surface area contributed by atoms with Crippen LogP contribution in [-0.4, -0.2) is 52.2 Å². The number of amides is 1. The van der Waals surface area contributed by atoms with Gasteiger partial charge in [-0.05, 0) is 50.6 Å². The Morgan fingerprint density at radius 3 is 2.75 bits per heavy atom. The Morgan fingerprint density at radius 1 is 1.42 bits per heavy atom. The number of hydrogen-bond donors (Lipinski definition) is 2. The van der Waals surface area contributed by atoms with Crippen molar-refractivity contribution in [3.8, 4) is 0 Å². The van der Waals surface area contributed by atoms with E-state index in [1.165, 1.54) is 6.07 Å². The lowest BCUT2D eigenvalue weighted by Crippen LogP contribution is -2.42. The van der Waals surface area contributed by atoms with Crippen molar-refractivity contribution in [3.05, 3.63) is 29.6 Å². The van der Waals surface area contributed by atoms with E-state index in [2.05, 4.69) is 10.0 Å². The monoisotopic (exact) mass is 379 g/mol. The van der Waals surface area contributed by atoms with Gasteiger partial charge in [0.05, 0.1) is 17.5 Å². The van der Waals surface area contributed by atoms with Gasteiger partial charge in [0.25, 0.3) is 5.91 Å². The molecule has 6 nitrogen and oxygen atoms in total. The molecule has 0 aliphatic carbocycles. The number of sulfonamides is 1. The van der Waals surface area contributed by atoms with Crippen molar-refractivity contribution in [2.24, 2.45) is 5.92 Å². The van der Waals surface area contributed by atoms with Gasteiger partial charge >= 0.3 is 0 Å². The van der Waals surface area contributed by atoms with Gasteiger partial charge in [0.1, 0.15) is 5.82 Å². The quantitative estimate of drug-likeness (QED) is 0.816. The fraction of sp³-hybridized carbons (Fsp3) is 0.533. The molecule has 1 aliphatic rings. The van der Waals surface area contributed by atoms with E-state index in [1.54, 1.807) is 4.90 Å². The molecule has 1 fully saturated rings. The third-order valence-corrected chi connectivity index (χ3v) is 4.40. The van der Waals surface area contributed by atoms with E-state index in [0.29, 0.717) is 19.0 Å². The van der Waals surface area contributed by atoms with Gasteiger partial charge in [-0.15, -0.1) is 12.4 Å². The molecule has 1 aromatic carbocycles. The maximum atomic E-state index is 13.5. The summed E-state index contributed by atoms with van der Waals surface area (Å²) in [5.41, 5.74) is 0.148. The van der Waals surface area contributed by atoms with Crippen LogP contribution in [0, 0.1) is 11.7 Å². The predicted octanol–water partition coefficient (Wildman–Crippen LogP) is 1.69. The van der Waals surface area contributed by atoms with Gasteiger partial charge in [-0.2, -0.15) is 0 Å². The lowest BCUT2D eigenvalue weighted by atomic mass is 9.97. The topological polar surface area (TPSA) is 78.5 Å². The van der Waals surface area contributed by atoms with Crippen LogP contribution in [0.4, 0.5) is 10.1 Å². The number of hydrogen-bond acceptors (Lipinski definition) is 4. The second-order valence-corrected chi connectivity index (χ2v) is 7.63. The average Bonchev–Trinajstić information content (AvgIpc) is 2.48. The molecule has 1 aromatic rings. The Labute approximate surface area is 148 Å². The highest BCUT2D eigenvalue weighted by Crippen LogP contribution is 2.23. The van der Waals surface area contributed by atoms with E-state index in [4.69, 9.17) is 0 Å². The molecular formula is C15H23ClFN3O3S. The van der Waals surface area contributed by atoms with Crippen molar-refractivity contribution in [1.82, 2.24) is 10.2 Å². The molecule has 9 heteroatoms.